The Morgan fingerprint density at radius 1 is 0.667 bits per heavy atom. The lowest BCUT2D eigenvalue weighted by Gasteiger charge is -1.37. The van der Waals surface area contributed by atoms with Gasteiger partial charge in [0.2, 0.25) is 0 Å². The fraction of sp³-hybridized carbons (Fsp3) is 0. The minimum absolute atomic E-state index is 1.37. The summed E-state index contributed by atoms with van der Waals surface area (Å²) in [5.41, 5.74) is 20.8. The fourth-order valence-corrected chi connectivity index (χ4v) is 0.257. The molecule has 1 heteroatoms. The van der Waals surface area contributed by atoms with Crippen LogP contribution in [0.1, 0.15) is 0 Å². The first-order chi connectivity index (χ1) is 5.91. The van der Waals surface area contributed by atoms with E-state index in [9.17, 15) is 4.79 Å². The van der Waals surface area contributed by atoms with E-state index in [2.05, 4.69) is 52.4 Å². The summed E-state index contributed by atoms with van der Waals surface area (Å²) in [5, 5.41) is 0. The van der Waals surface area contributed by atoms with Crippen molar-refractivity contribution in [3.63, 3.8) is 0 Å². The van der Waals surface area contributed by atoms with Crippen molar-refractivity contribution in [3.05, 3.63) is 58.2 Å². The van der Waals surface area contributed by atoms with Crippen LogP contribution in [0.5, 0.6) is 0 Å². The van der Waals surface area contributed by atoms with E-state index in [1.54, 1.807) is 0 Å². The first kappa shape index (κ1) is 9.47. The SMILES string of the molecule is C=C=C=C=C=C=C=C=C=C=C=O. The molecule has 0 aromatic rings. The molecule has 0 aromatic heterocycles. The number of carbonyl (C=O) groups excluding carboxylic acids is 1. The van der Waals surface area contributed by atoms with Crippen molar-refractivity contribution in [2.45, 2.75) is 0 Å². The molecule has 0 N–H and O–H groups in total. The van der Waals surface area contributed by atoms with Crippen LogP contribution in [-0.4, -0.2) is 5.94 Å². The Balaban J connectivity index is 5.45. The van der Waals surface area contributed by atoms with Crippen LogP contribution in [0, 0.1) is 0 Å². The second kappa shape index (κ2) is 8.47. The van der Waals surface area contributed by atoms with Crippen LogP contribution in [0.3, 0.4) is 0 Å². The van der Waals surface area contributed by atoms with Gasteiger partial charge in [0.05, 0.1) is 0 Å². The van der Waals surface area contributed by atoms with Crippen molar-refractivity contribution < 1.29 is 4.79 Å². The standard InChI is InChI=1S/C11H2O/c1-2-3-4-5-6-7-8-9-10-11-12/h1H2. The van der Waals surface area contributed by atoms with Crippen molar-refractivity contribution >= 4 is 5.94 Å². The highest BCUT2D eigenvalue weighted by Crippen LogP contribution is 1.53. The number of hydrogen-bond acceptors (Lipinski definition) is 1. The van der Waals surface area contributed by atoms with Gasteiger partial charge in [-0.05, 0) is 29.5 Å². The van der Waals surface area contributed by atoms with E-state index in [-0.39, 0.29) is 0 Å². The van der Waals surface area contributed by atoms with E-state index in [1.165, 1.54) is 5.94 Å². The Morgan fingerprint density at radius 3 is 1.50 bits per heavy atom. The van der Waals surface area contributed by atoms with Gasteiger partial charge in [-0.15, -0.1) is 0 Å². The molecule has 0 heterocycles. The lowest BCUT2D eigenvalue weighted by Crippen LogP contribution is -1.28. The molecule has 12 heavy (non-hydrogen) atoms. The van der Waals surface area contributed by atoms with Crippen LogP contribution in [0.25, 0.3) is 0 Å². The molecule has 0 atom stereocenters. The Kier molecular flexibility index (Phi) is 6.68. The minimum Gasteiger partial charge on any atom is -0.223 e. The molecule has 0 aliphatic carbocycles. The molecular formula is C11H2O. The van der Waals surface area contributed by atoms with Gasteiger partial charge < -0.3 is 0 Å². The Hall–Kier alpha value is -2.53. The maximum absolute atomic E-state index is 9.54. The van der Waals surface area contributed by atoms with Crippen molar-refractivity contribution in [1.29, 1.82) is 0 Å². The molecule has 0 spiro atoms. The highest BCUT2D eigenvalue weighted by molar-refractivity contribution is 5.43. The van der Waals surface area contributed by atoms with Crippen LogP contribution in [0.4, 0.5) is 0 Å². The summed E-state index contributed by atoms with van der Waals surface area (Å²) in [6, 6.07) is 0. The van der Waals surface area contributed by atoms with E-state index < -0.39 is 0 Å². The van der Waals surface area contributed by atoms with E-state index in [1.807, 2.05) is 5.73 Å². The predicted molar refractivity (Wildman–Crippen MR) is 42.9 cm³/mol. The second-order valence-electron chi connectivity index (χ2n) is 1.28. The average Bonchev–Trinajstić information content (AvgIpc) is 2.10. The number of rotatable bonds is 0. The maximum Gasteiger partial charge on any atom is 0.186 e. The van der Waals surface area contributed by atoms with Gasteiger partial charge in [0, 0.05) is 22.9 Å². The zero-order valence-corrected chi connectivity index (χ0v) is 6.12. The van der Waals surface area contributed by atoms with Crippen molar-refractivity contribution in [3.8, 4) is 0 Å². The molecule has 0 aliphatic rings. The minimum atomic E-state index is 1.37. The third-order valence-electron chi connectivity index (χ3n) is 0.577. The summed E-state index contributed by atoms with van der Waals surface area (Å²) in [6.07, 6.45) is 0. The first-order valence-electron chi connectivity index (χ1n) is 2.81. The second-order valence-corrected chi connectivity index (χ2v) is 1.28. The molecule has 0 radical (unpaired) electrons. The quantitative estimate of drug-likeness (QED) is 0.377. The summed E-state index contributed by atoms with van der Waals surface area (Å²) in [6.45, 7) is 3.25. The summed E-state index contributed by atoms with van der Waals surface area (Å²) >= 11 is 0. The van der Waals surface area contributed by atoms with Gasteiger partial charge in [-0.1, -0.05) is 5.73 Å². The van der Waals surface area contributed by atoms with Crippen molar-refractivity contribution in [1.82, 2.24) is 0 Å². The van der Waals surface area contributed by atoms with E-state index in [0.29, 0.717) is 0 Å². The third kappa shape index (κ3) is 7.47. The maximum atomic E-state index is 9.54. The molecular weight excluding hydrogens is 148 g/mol. The molecule has 0 saturated carbocycles. The molecule has 0 bridgehead atoms. The summed E-state index contributed by atoms with van der Waals surface area (Å²) in [7, 11) is 0. The van der Waals surface area contributed by atoms with Gasteiger partial charge in [-0.2, -0.15) is 0 Å². The normalized spacial score (nSPS) is 3.67. The monoisotopic (exact) mass is 150 g/mol. The molecule has 0 fully saturated rings. The fourth-order valence-electron chi connectivity index (χ4n) is 0.257. The van der Waals surface area contributed by atoms with Crippen molar-refractivity contribution in [2.24, 2.45) is 0 Å². The molecule has 0 saturated heterocycles. The Morgan fingerprint density at radius 2 is 1.08 bits per heavy atom. The summed E-state index contributed by atoms with van der Waals surface area (Å²) < 4.78 is 0. The Bertz CT molecular complexity index is 454. The number of hydrogen-bond donors (Lipinski definition) is 0. The van der Waals surface area contributed by atoms with Crippen LogP contribution >= 0.6 is 0 Å². The van der Waals surface area contributed by atoms with Gasteiger partial charge in [0.15, 0.2) is 5.94 Å². The lowest BCUT2D eigenvalue weighted by atomic mass is 10.6. The summed E-state index contributed by atoms with van der Waals surface area (Å²) in [5.74, 6) is 1.37. The lowest BCUT2D eigenvalue weighted by molar-refractivity contribution is 0.569. The van der Waals surface area contributed by atoms with Crippen molar-refractivity contribution in [2.75, 3.05) is 0 Å². The average molecular weight is 150 g/mol. The van der Waals surface area contributed by atoms with Gasteiger partial charge in [-0.25, -0.2) is 4.79 Å². The van der Waals surface area contributed by atoms with Crippen LogP contribution in [-0.2, 0) is 4.79 Å². The third-order valence-corrected chi connectivity index (χ3v) is 0.577. The van der Waals surface area contributed by atoms with Crippen LogP contribution < -0.4 is 0 Å². The Labute approximate surface area is 69.7 Å². The van der Waals surface area contributed by atoms with Gasteiger partial charge in [0.25, 0.3) is 0 Å². The highest BCUT2D eigenvalue weighted by Gasteiger charge is 1.39. The molecule has 0 aliphatic heterocycles. The zero-order chi connectivity index (χ0) is 9.07. The highest BCUT2D eigenvalue weighted by atomic mass is 16.1. The summed E-state index contributed by atoms with van der Waals surface area (Å²) in [4.78, 5) is 9.54. The molecule has 0 unspecified atom stereocenters. The van der Waals surface area contributed by atoms with Gasteiger partial charge >= 0.3 is 0 Å². The molecule has 0 rings (SSSR count). The predicted octanol–water partition coefficient (Wildman–Crippen LogP) is 1.40. The molecule has 1 nitrogen and oxygen atoms in total. The van der Waals surface area contributed by atoms with Gasteiger partial charge in [-0.3, -0.25) is 0 Å². The van der Waals surface area contributed by atoms with Crippen LogP contribution in [0.2, 0.25) is 0 Å². The zero-order valence-electron chi connectivity index (χ0n) is 6.12. The van der Waals surface area contributed by atoms with Gasteiger partial charge in [0.1, 0.15) is 0 Å². The van der Waals surface area contributed by atoms with Crippen LogP contribution in [0.15, 0.2) is 58.2 Å². The topological polar surface area (TPSA) is 17.1 Å². The van der Waals surface area contributed by atoms with E-state index in [4.69, 9.17) is 0 Å². The smallest absolute Gasteiger partial charge is 0.186 e. The molecule has 52 valence electrons. The first-order valence-corrected chi connectivity index (χ1v) is 2.81. The molecule has 0 aromatic carbocycles. The molecule has 0 amide bonds. The van der Waals surface area contributed by atoms with E-state index >= 15 is 0 Å². The largest absolute Gasteiger partial charge is 0.223 e. The van der Waals surface area contributed by atoms with E-state index in [0.717, 1.165) is 0 Å².